The highest BCUT2D eigenvalue weighted by Crippen LogP contribution is 2.31. The maximum Gasteiger partial charge on any atom is 0.253 e. The van der Waals surface area contributed by atoms with Crippen LogP contribution in [-0.2, 0) is 0 Å². The Morgan fingerprint density at radius 2 is 1.84 bits per heavy atom. The molecule has 1 aliphatic heterocycles. The molecule has 0 aliphatic carbocycles. The molecule has 0 bridgehead atoms. The van der Waals surface area contributed by atoms with Gasteiger partial charge in [0.2, 0.25) is 5.78 Å². The van der Waals surface area contributed by atoms with Crippen LogP contribution in [0.25, 0.3) is 0 Å². The third-order valence-corrected chi connectivity index (χ3v) is 5.87. The highest BCUT2D eigenvalue weighted by atomic mass is 32.1. The summed E-state index contributed by atoms with van der Waals surface area (Å²) in [4.78, 5) is 30.6. The number of hydrogen-bond donors (Lipinski definition) is 3. The van der Waals surface area contributed by atoms with Gasteiger partial charge < -0.3 is 21.1 Å². The van der Waals surface area contributed by atoms with Gasteiger partial charge in [-0.05, 0) is 42.8 Å². The number of halogens is 2. The SMILES string of the molecule is Nc1nc(Nc2ccc(C(=O)N3CCC(O)C3)cc2)sc1C(=O)c1c(F)cccc1F. The second kappa shape index (κ2) is 8.40. The van der Waals surface area contributed by atoms with E-state index < -0.39 is 29.1 Å². The molecule has 1 unspecified atom stereocenters. The zero-order chi connectivity index (χ0) is 22.1. The zero-order valence-electron chi connectivity index (χ0n) is 16.1. The Hall–Kier alpha value is -3.37. The molecule has 7 nitrogen and oxygen atoms in total. The molecule has 160 valence electrons. The second-order valence-electron chi connectivity index (χ2n) is 7.06. The van der Waals surface area contributed by atoms with Crippen molar-refractivity contribution in [2.24, 2.45) is 0 Å². The van der Waals surface area contributed by atoms with Crippen molar-refractivity contribution in [3.05, 3.63) is 70.1 Å². The molecule has 0 spiro atoms. The molecule has 0 radical (unpaired) electrons. The fourth-order valence-corrected chi connectivity index (χ4v) is 4.16. The first-order valence-electron chi connectivity index (χ1n) is 9.43. The lowest BCUT2D eigenvalue weighted by Gasteiger charge is -2.15. The van der Waals surface area contributed by atoms with E-state index in [1.807, 2.05) is 0 Å². The summed E-state index contributed by atoms with van der Waals surface area (Å²) in [7, 11) is 0. The molecule has 1 aromatic heterocycles. The van der Waals surface area contributed by atoms with Crippen molar-refractivity contribution in [3.63, 3.8) is 0 Å². The number of nitrogens with one attached hydrogen (secondary N) is 1. The summed E-state index contributed by atoms with van der Waals surface area (Å²) in [5, 5.41) is 12.8. The number of benzene rings is 2. The summed E-state index contributed by atoms with van der Waals surface area (Å²) >= 11 is 0.873. The largest absolute Gasteiger partial charge is 0.391 e. The number of aliphatic hydroxyl groups excluding tert-OH is 1. The summed E-state index contributed by atoms with van der Waals surface area (Å²) < 4.78 is 27.9. The lowest BCUT2D eigenvalue weighted by atomic mass is 10.1. The molecule has 10 heteroatoms. The van der Waals surface area contributed by atoms with E-state index >= 15 is 0 Å². The van der Waals surface area contributed by atoms with Gasteiger partial charge in [-0.25, -0.2) is 13.8 Å². The predicted octanol–water partition coefficient (Wildman–Crippen LogP) is 3.18. The number of nitrogens with zero attached hydrogens (tertiary/aromatic N) is 2. The van der Waals surface area contributed by atoms with Crippen molar-refractivity contribution in [2.75, 3.05) is 24.1 Å². The lowest BCUT2D eigenvalue weighted by Crippen LogP contribution is -2.29. The molecule has 2 heterocycles. The minimum Gasteiger partial charge on any atom is -0.391 e. The number of aromatic nitrogens is 1. The van der Waals surface area contributed by atoms with Crippen LogP contribution in [0.1, 0.15) is 32.0 Å². The van der Waals surface area contributed by atoms with Crippen molar-refractivity contribution < 1.29 is 23.5 Å². The number of rotatable bonds is 5. The van der Waals surface area contributed by atoms with Gasteiger partial charge in [-0.3, -0.25) is 9.59 Å². The zero-order valence-corrected chi connectivity index (χ0v) is 17.0. The molecule has 1 saturated heterocycles. The van der Waals surface area contributed by atoms with Gasteiger partial charge in [0, 0.05) is 24.3 Å². The number of nitrogens with two attached hydrogens (primary N) is 1. The van der Waals surface area contributed by atoms with Crippen LogP contribution < -0.4 is 11.1 Å². The van der Waals surface area contributed by atoms with Crippen LogP contribution in [0.3, 0.4) is 0 Å². The number of nitrogen functional groups attached to an aromatic ring is 1. The minimum atomic E-state index is -0.974. The van der Waals surface area contributed by atoms with E-state index in [1.54, 1.807) is 29.2 Å². The van der Waals surface area contributed by atoms with E-state index in [0.29, 0.717) is 30.8 Å². The van der Waals surface area contributed by atoms with Crippen molar-refractivity contribution in [1.82, 2.24) is 9.88 Å². The first-order chi connectivity index (χ1) is 14.8. The van der Waals surface area contributed by atoms with Gasteiger partial charge in [0.15, 0.2) is 5.13 Å². The third kappa shape index (κ3) is 4.25. The molecule has 1 atom stereocenters. The molecule has 1 amide bonds. The van der Waals surface area contributed by atoms with Gasteiger partial charge in [-0.2, -0.15) is 0 Å². The van der Waals surface area contributed by atoms with Gasteiger partial charge >= 0.3 is 0 Å². The molecular formula is C21H18F2N4O3S. The van der Waals surface area contributed by atoms with Gasteiger partial charge in [0.1, 0.15) is 22.3 Å². The number of amides is 1. The smallest absolute Gasteiger partial charge is 0.253 e. The molecule has 1 aliphatic rings. The van der Waals surface area contributed by atoms with Gasteiger partial charge in [0.25, 0.3) is 5.91 Å². The molecular weight excluding hydrogens is 426 g/mol. The Morgan fingerprint density at radius 1 is 1.16 bits per heavy atom. The van der Waals surface area contributed by atoms with E-state index in [9.17, 15) is 23.5 Å². The second-order valence-corrected chi connectivity index (χ2v) is 8.05. The number of β-amino-alcohol motifs (C(OH)–C–C–N with tert-alkyl or cyclic N) is 1. The molecule has 31 heavy (non-hydrogen) atoms. The molecule has 2 aromatic carbocycles. The molecule has 4 N–H and O–H groups in total. The number of hydrogen-bond acceptors (Lipinski definition) is 7. The van der Waals surface area contributed by atoms with Gasteiger partial charge in [-0.1, -0.05) is 17.4 Å². The normalized spacial score (nSPS) is 15.8. The standard InChI is InChI=1S/C21H18F2N4O3S/c22-14-2-1-3-15(23)16(14)17(29)18-19(24)26-21(31-18)25-12-6-4-11(5-7-12)20(30)27-9-8-13(28)10-27/h1-7,13,28H,8-10,24H2,(H,25,26). The fourth-order valence-electron chi connectivity index (χ4n) is 3.30. The third-order valence-electron chi connectivity index (χ3n) is 4.88. The highest BCUT2D eigenvalue weighted by Gasteiger charge is 2.26. The average molecular weight is 444 g/mol. The first-order valence-corrected chi connectivity index (χ1v) is 10.2. The van der Waals surface area contributed by atoms with E-state index in [4.69, 9.17) is 5.73 Å². The van der Waals surface area contributed by atoms with Crippen molar-refractivity contribution in [2.45, 2.75) is 12.5 Å². The molecule has 3 aromatic rings. The average Bonchev–Trinajstić information content (AvgIpc) is 3.33. The van der Waals surface area contributed by atoms with Gasteiger partial charge in [-0.15, -0.1) is 0 Å². The summed E-state index contributed by atoms with van der Waals surface area (Å²) in [6.07, 6.45) is 0.0734. The van der Waals surface area contributed by atoms with Crippen LogP contribution in [0.5, 0.6) is 0 Å². The van der Waals surface area contributed by atoms with E-state index in [1.165, 1.54) is 6.07 Å². The Bertz CT molecular complexity index is 1130. The lowest BCUT2D eigenvalue weighted by molar-refractivity contribution is 0.0765. The first kappa shape index (κ1) is 20.9. The Morgan fingerprint density at radius 3 is 2.45 bits per heavy atom. The number of carbonyl (C=O) groups excluding carboxylic acids is 2. The summed E-state index contributed by atoms with van der Waals surface area (Å²) in [6.45, 7) is 0.828. The maximum absolute atomic E-state index is 13.9. The summed E-state index contributed by atoms with van der Waals surface area (Å²) in [6, 6.07) is 9.76. The number of thiazole rings is 1. The van der Waals surface area contributed by atoms with E-state index in [0.717, 1.165) is 23.5 Å². The quantitative estimate of drug-likeness (QED) is 0.522. The summed E-state index contributed by atoms with van der Waals surface area (Å²) in [5.74, 6) is -3.13. The molecule has 1 fully saturated rings. The maximum atomic E-state index is 13.9. The Balaban J connectivity index is 1.49. The van der Waals surface area contributed by atoms with E-state index in [2.05, 4.69) is 10.3 Å². The molecule has 4 rings (SSSR count). The van der Waals surface area contributed by atoms with Crippen LogP contribution in [0, 0.1) is 11.6 Å². The Kier molecular flexibility index (Phi) is 5.66. The van der Waals surface area contributed by atoms with E-state index in [-0.39, 0.29) is 21.7 Å². The van der Waals surface area contributed by atoms with Crippen molar-refractivity contribution in [3.8, 4) is 0 Å². The topological polar surface area (TPSA) is 109 Å². The number of likely N-dealkylation sites (tertiary alicyclic amines) is 1. The number of anilines is 3. The van der Waals surface area contributed by atoms with Gasteiger partial charge in [0.05, 0.1) is 11.7 Å². The monoisotopic (exact) mass is 444 g/mol. The highest BCUT2D eigenvalue weighted by molar-refractivity contribution is 7.18. The van der Waals surface area contributed by atoms with Crippen LogP contribution in [0.15, 0.2) is 42.5 Å². The van der Waals surface area contributed by atoms with Crippen molar-refractivity contribution >= 4 is 39.7 Å². The van der Waals surface area contributed by atoms with Crippen molar-refractivity contribution in [1.29, 1.82) is 0 Å². The van der Waals surface area contributed by atoms with Crippen LogP contribution in [0.4, 0.5) is 25.4 Å². The molecule has 0 saturated carbocycles. The number of carbonyl (C=O) groups is 2. The Labute approximate surface area is 180 Å². The fraction of sp³-hybridized carbons (Fsp3) is 0.190. The van der Waals surface area contributed by atoms with Crippen LogP contribution >= 0.6 is 11.3 Å². The number of aliphatic hydroxyl groups is 1. The minimum absolute atomic E-state index is 0.0779. The summed E-state index contributed by atoms with van der Waals surface area (Å²) in [5.41, 5.74) is 6.18. The predicted molar refractivity (Wildman–Crippen MR) is 113 cm³/mol. The number of ketones is 1. The van der Waals surface area contributed by atoms with Crippen LogP contribution in [0.2, 0.25) is 0 Å². The van der Waals surface area contributed by atoms with Crippen LogP contribution in [-0.4, -0.2) is 45.9 Å².